The highest BCUT2D eigenvalue weighted by molar-refractivity contribution is 7.88. The number of nitrogens with zero attached hydrogens (tertiary/aromatic N) is 2. The lowest BCUT2D eigenvalue weighted by Gasteiger charge is -2.34. The molecule has 158 valence electrons. The van der Waals surface area contributed by atoms with Crippen molar-refractivity contribution in [3.8, 4) is 5.75 Å². The van der Waals surface area contributed by atoms with E-state index in [0.717, 1.165) is 50.3 Å². The largest absolute Gasteiger partial charge is 0.497 e. The van der Waals surface area contributed by atoms with E-state index in [1.54, 1.807) is 31.4 Å². The number of likely N-dealkylation sites (N-methyl/N-ethyl adjacent to an activating group) is 1. The molecule has 1 aliphatic heterocycles. The molecule has 1 N–H and O–H groups in total. The second-order valence-corrected chi connectivity index (χ2v) is 9.37. The average molecular weight is 418 g/mol. The van der Waals surface area contributed by atoms with Gasteiger partial charge in [0.05, 0.1) is 12.9 Å². The molecule has 0 atom stereocenters. The van der Waals surface area contributed by atoms with E-state index in [4.69, 9.17) is 4.74 Å². The molecule has 0 aliphatic carbocycles. The first-order valence-electron chi connectivity index (χ1n) is 10.1. The number of ether oxygens (including phenoxy) is 1. The first-order chi connectivity index (χ1) is 13.9. The molecule has 2 aromatic rings. The van der Waals surface area contributed by atoms with Crippen molar-refractivity contribution in [3.63, 3.8) is 0 Å². The van der Waals surface area contributed by atoms with E-state index in [1.807, 2.05) is 0 Å². The molecule has 3 rings (SSSR count). The van der Waals surface area contributed by atoms with Gasteiger partial charge in [0.15, 0.2) is 0 Å². The summed E-state index contributed by atoms with van der Waals surface area (Å²) in [4.78, 5) is 4.76. The highest BCUT2D eigenvalue weighted by Crippen LogP contribution is 2.18. The maximum Gasteiger partial charge on any atom is 0.215 e. The molecule has 0 amide bonds. The molecule has 0 unspecified atom stereocenters. The Morgan fingerprint density at radius 3 is 2.17 bits per heavy atom. The van der Waals surface area contributed by atoms with Crippen LogP contribution in [-0.2, 0) is 22.2 Å². The summed E-state index contributed by atoms with van der Waals surface area (Å²) in [7, 11) is 0.413. The minimum Gasteiger partial charge on any atom is -0.497 e. The van der Waals surface area contributed by atoms with E-state index >= 15 is 0 Å². The van der Waals surface area contributed by atoms with Crippen LogP contribution >= 0.6 is 0 Å². The maximum absolute atomic E-state index is 12.3. The summed E-state index contributed by atoms with van der Waals surface area (Å²) in [6.07, 6.45) is 1.63. The minimum absolute atomic E-state index is 0.0171. The maximum atomic E-state index is 12.3. The van der Waals surface area contributed by atoms with Crippen LogP contribution in [0.5, 0.6) is 5.75 Å². The second-order valence-electron chi connectivity index (χ2n) is 7.56. The van der Waals surface area contributed by atoms with Crippen LogP contribution in [0.1, 0.15) is 17.5 Å². The van der Waals surface area contributed by atoms with E-state index in [-0.39, 0.29) is 5.75 Å². The van der Waals surface area contributed by atoms with Gasteiger partial charge in [0.2, 0.25) is 10.0 Å². The SMILES string of the molecule is COc1ccc(CS(=O)(=O)NCCCc2ccc(N3CCN(C)CC3)cc2)cc1. The molecule has 6 nitrogen and oxygen atoms in total. The summed E-state index contributed by atoms with van der Waals surface area (Å²) >= 11 is 0. The van der Waals surface area contributed by atoms with Crippen LogP contribution in [0.25, 0.3) is 0 Å². The molecule has 1 aliphatic rings. The predicted octanol–water partition coefficient (Wildman–Crippen LogP) is 2.50. The summed E-state index contributed by atoms with van der Waals surface area (Å²) in [5.41, 5.74) is 3.25. The van der Waals surface area contributed by atoms with Gasteiger partial charge >= 0.3 is 0 Å². The third kappa shape index (κ3) is 6.73. The fourth-order valence-corrected chi connectivity index (χ4v) is 4.64. The van der Waals surface area contributed by atoms with Crippen molar-refractivity contribution in [2.75, 3.05) is 51.8 Å². The van der Waals surface area contributed by atoms with Crippen molar-refractivity contribution in [2.45, 2.75) is 18.6 Å². The van der Waals surface area contributed by atoms with Crippen LogP contribution in [0.3, 0.4) is 0 Å². The Morgan fingerprint density at radius 2 is 1.55 bits per heavy atom. The number of rotatable bonds is 9. The lowest BCUT2D eigenvalue weighted by Crippen LogP contribution is -2.44. The molecule has 7 heteroatoms. The fraction of sp³-hybridized carbons (Fsp3) is 0.455. The lowest BCUT2D eigenvalue weighted by atomic mass is 10.1. The van der Waals surface area contributed by atoms with Gasteiger partial charge in [-0.1, -0.05) is 24.3 Å². The minimum atomic E-state index is -3.34. The third-order valence-corrected chi connectivity index (χ3v) is 6.64. The summed E-state index contributed by atoms with van der Waals surface area (Å²) in [5, 5.41) is 0. The number of anilines is 1. The monoisotopic (exact) mass is 417 g/mol. The normalized spacial score (nSPS) is 15.4. The smallest absolute Gasteiger partial charge is 0.215 e. The van der Waals surface area contributed by atoms with Gasteiger partial charge in [-0.3, -0.25) is 0 Å². The zero-order chi connectivity index (χ0) is 20.7. The fourth-order valence-electron chi connectivity index (χ4n) is 3.45. The van der Waals surface area contributed by atoms with Crippen molar-refractivity contribution < 1.29 is 13.2 Å². The molecule has 0 aromatic heterocycles. The van der Waals surface area contributed by atoms with Crippen LogP contribution < -0.4 is 14.4 Å². The Morgan fingerprint density at radius 1 is 0.931 bits per heavy atom. The second kappa shape index (κ2) is 10.1. The van der Waals surface area contributed by atoms with Crippen LogP contribution in [0.2, 0.25) is 0 Å². The van der Waals surface area contributed by atoms with Gasteiger partial charge in [-0.2, -0.15) is 0 Å². The standard InChI is InChI=1S/C22H31N3O3S/c1-24-14-16-25(17-15-24)21-9-5-19(6-10-21)4-3-13-23-29(26,27)18-20-7-11-22(28-2)12-8-20/h5-12,23H,3-4,13-18H2,1-2H3. The van der Waals surface area contributed by atoms with E-state index in [2.05, 4.69) is 45.8 Å². The van der Waals surface area contributed by atoms with Crippen molar-refractivity contribution in [1.82, 2.24) is 9.62 Å². The third-order valence-electron chi connectivity index (χ3n) is 5.28. The summed E-state index contributed by atoms with van der Waals surface area (Å²) in [6, 6.07) is 15.8. The molecule has 0 spiro atoms. The van der Waals surface area contributed by atoms with Crippen LogP contribution in [0.15, 0.2) is 48.5 Å². The van der Waals surface area contributed by atoms with E-state index in [0.29, 0.717) is 6.54 Å². The number of piperazine rings is 1. The summed E-state index contributed by atoms with van der Waals surface area (Å²) in [6.45, 7) is 4.76. The van der Waals surface area contributed by atoms with Gasteiger partial charge in [0.25, 0.3) is 0 Å². The first-order valence-corrected chi connectivity index (χ1v) is 11.7. The molecule has 2 aromatic carbocycles. The number of sulfonamides is 1. The van der Waals surface area contributed by atoms with Crippen LogP contribution in [0.4, 0.5) is 5.69 Å². The molecule has 29 heavy (non-hydrogen) atoms. The molecule has 1 saturated heterocycles. The summed E-state index contributed by atoms with van der Waals surface area (Å²) < 4.78 is 32.3. The van der Waals surface area contributed by atoms with Crippen molar-refractivity contribution in [3.05, 3.63) is 59.7 Å². The van der Waals surface area contributed by atoms with Crippen molar-refractivity contribution in [2.24, 2.45) is 0 Å². The average Bonchev–Trinajstić information content (AvgIpc) is 2.73. The highest BCUT2D eigenvalue weighted by Gasteiger charge is 2.14. The van der Waals surface area contributed by atoms with Gasteiger partial charge in [-0.25, -0.2) is 13.1 Å². The topological polar surface area (TPSA) is 61.9 Å². The number of benzene rings is 2. The Kier molecular flexibility index (Phi) is 7.52. The predicted molar refractivity (Wildman–Crippen MR) is 118 cm³/mol. The highest BCUT2D eigenvalue weighted by atomic mass is 32.2. The van der Waals surface area contributed by atoms with Crippen LogP contribution in [-0.4, -0.2) is 60.2 Å². The lowest BCUT2D eigenvalue weighted by molar-refractivity contribution is 0.313. The molecular weight excluding hydrogens is 386 g/mol. The molecule has 0 radical (unpaired) electrons. The Balaban J connectivity index is 1.41. The number of methoxy groups -OCH3 is 1. The van der Waals surface area contributed by atoms with Crippen molar-refractivity contribution >= 4 is 15.7 Å². The molecule has 1 heterocycles. The first kappa shape index (κ1) is 21.6. The van der Waals surface area contributed by atoms with Gasteiger partial charge in [-0.15, -0.1) is 0 Å². The molecule has 0 saturated carbocycles. The van der Waals surface area contributed by atoms with Crippen LogP contribution in [0, 0.1) is 0 Å². The van der Waals surface area contributed by atoms with Gasteiger partial charge in [0.1, 0.15) is 5.75 Å². The van der Waals surface area contributed by atoms with E-state index < -0.39 is 10.0 Å². The molecular formula is C22H31N3O3S. The molecule has 1 fully saturated rings. The Bertz CT molecular complexity index is 859. The Labute approximate surface area is 174 Å². The van der Waals surface area contributed by atoms with E-state index in [1.165, 1.54) is 11.3 Å². The van der Waals surface area contributed by atoms with E-state index in [9.17, 15) is 8.42 Å². The van der Waals surface area contributed by atoms with Gasteiger partial charge in [-0.05, 0) is 55.3 Å². The van der Waals surface area contributed by atoms with Gasteiger partial charge < -0.3 is 14.5 Å². The summed E-state index contributed by atoms with van der Waals surface area (Å²) in [5.74, 6) is 0.703. The zero-order valence-corrected chi connectivity index (χ0v) is 18.1. The number of hydrogen-bond acceptors (Lipinski definition) is 5. The molecule has 0 bridgehead atoms. The number of aryl methyl sites for hydroxylation is 1. The van der Waals surface area contributed by atoms with Gasteiger partial charge in [0, 0.05) is 38.4 Å². The Hall–Kier alpha value is -2.09. The van der Waals surface area contributed by atoms with Crippen molar-refractivity contribution in [1.29, 1.82) is 0 Å². The number of hydrogen-bond donors (Lipinski definition) is 1. The quantitative estimate of drug-likeness (QED) is 0.635. The number of nitrogens with one attached hydrogen (secondary N) is 1. The zero-order valence-electron chi connectivity index (χ0n) is 17.3.